The first-order valence-corrected chi connectivity index (χ1v) is 7.36. The van der Waals surface area contributed by atoms with Crippen LogP contribution < -0.4 is 0 Å². The van der Waals surface area contributed by atoms with Crippen LogP contribution in [0.3, 0.4) is 0 Å². The third kappa shape index (κ3) is 2.78. The van der Waals surface area contributed by atoms with Crippen LogP contribution in [0, 0.1) is 5.92 Å². The molecule has 2 nitrogen and oxygen atoms in total. The summed E-state index contributed by atoms with van der Waals surface area (Å²) in [6.45, 7) is 6.07. The molecule has 0 aromatic carbocycles. The summed E-state index contributed by atoms with van der Waals surface area (Å²) in [6, 6.07) is 0. The standard InChI is InChI=1S/C11H18O2S2/c1-4-14-11(15-5-2)7-8(3)9(12)6-10(11)13/h8H,4-7H2,1-3H3. The van der Waals surface area contributed by atoms with Crippen molar-refractivity contribution in [1.29, 1.82) is 0 Å². The van der Waals surface area contributed by atoms with Gasteiger partial charge in [-0.3, -0.25) is 9.59 Å². The molecule has 1 saturated carbocycles. The molecule has 1 aliphatic rings. The van der Waals surface area contributed by atoms with E-state index in [-0.39, 0.29) is 28.0 Å². The lowest BCUT2D eigenvalue weighted by atomic mass is 9.88. The molecular weight excluding hydrogens is 228 g/mol. The molecule has 1 atom stereocenters. The van der Waals surface area contributed by atoms with Crippen molar-refractivity contribution in [3.8, 4) is 0 Å². The number of hydrogen-bond donors (Lipinski definition) is 0. The van der Waals surface area contributed by atoms with Gasteiger partial charge in [-0.15, -0.1) is 23.5 Å². The average molecular weight is 246 g/mol. The van der Waals surface area contributed by atoms with Crippen LogP contribution in [0.2, 0.25) is 0 Å². The number of hydrogen-bond acceptors (Lipinski definition) is 4. The Hall–Kier alpha value is 0.0400. The highest BCUT2D eigenvalue weighted by Gasteiger charge is 2.45. The number of thioether (sulfide) groups is 2. The molecule has 1 aliphatic carbocycles. The molecule has 0 bridgehead atoms. The monoisotopic (exact) mass is 246 g/mol. The lowest BCUT2D eigenvalue weighted by molar-refractivity contribution is -0.132. The van der Waals surface area contributed by atoms with Gasteiger partial charge in [0.2, 0.25) is 0 Å². The van der Waals surface area contributed by atoms with Gasteiger partial charge in [0.05, 0.1) is 6.42 Å². The molecule has 86 valence electrons. The molecule has 4 heteroatoms. The summed E-state index contributed by atoms with van der Waals surface area (Å²) < 4.78 is -0.336. The summed E-state index contributed by atoms with van der Waals surface area (Å²) >= 11 is 3.40. The Morgan fingerprint density at radius 3 is 2.27 bits per heavy atom. The van der Waals surface area contributed by atoms with Crippen molar-refractivity contribution in [2.75, 3.05) is 11.5 Å². The molecule has 1 fully saturated rings. The largest absolute Gasteiger partial charge is 0.299 e. The van der Waals surface area contributed by atoms with Crippen molar-refractivity contribution in [2.24, 2.45) is 5.92 Å². The minimum atomic E-state index is -0.336. The topological polar surface area (TPSA) is 34.1 Å². The van der Waals surface area contributed by atoms with Crippen molar-refractivity contribution >= 4 is 35.1 Å². The van der Waals surface area contributed by atoms with E-state index in [0.29, 0.717) is 6.42 Å². The highest BCUT2D eigenvalue weighted by Crippen LogP contribution is 2.46. The number of Topliss-reactive ketones (excluding diaryl/α,β-unsaturated/α-hetero) is 2. The van der Waals surface area contributed by atoms with Gasteiger partial charge in [0, 0.05) is 5.92 Å². The molecule has 0 heterocycles. The Morgan fingerprint density at radius 2 is 1.80 bits per heavy atom. The lowest BCUT2D eigenvalue weighted by Crippen LogP contribution is -2.42. The van der Waals surface area contributed by atoms with Gasteiger partial charge < -0.3 is 0 Å². The first kappa shape index (κ1) is 13.1. The second-order valence-corrected chi connectivity index (χ2v) is 7.17. The van der Waals surface area contributed by atoms with Gasteiger partial charge in [-0.05, 0) is 17.9 Å². The van der Waals surface area contributed by atoms with Crippen LogP contribution in [0.4, 0.5) is 0 Å². The van der Waals surface area contributed by atoms with E-state index in [1.807, 2.05) is 6.92 Å². The van der Waals surface area contributed by atoms with Crippen LogP contribution in [-0.4, -0.2) is 27.2 Å². The summed E-state index contributed by atoms with van der Waals surface area (Å²) in [4.78, 5) is 23.5. The molecular formula is C11H18O2S2. The highest BCUT2D eigenvalue weighted by atomic mass is 32.2. The van der Waals surface area contributed by atoms with Crippen LogP contribution in [-0.2, 0) is 9.59 Å². The Bertz CT molecular complexity index is 257. The Balaban J connectivity index is 2.85. The second kappa shape index (κ2) is 5.39. The van der Waals surface area contributed by atoms with Crippen LogP contribution in [0.1, 0.15) is 33.6 Å². The van der Waals surface area contributed by atoms with Gasteiger partial charge in [-0.1, -0.05) is 20.8 Å². The number of carbonyl (C=O) groups is 2. The molecule has 0 radical (unpaired) electrons. The van der Waals surface area contributed by atoms with Crippen LogP contribution in [0.15, 0.2) is 0 Å². The second-order valence-electron chi connectivity index (χ2n) is 3.79. The number of ketones is 2. The van der Waals surface area contributed by atoms with Crippen molar-refractivity contribution < 1.29 is 9.59 Å². The molecule has 1 unspecified atom stereocenters. The lowest BCUT2D eigenvalue weighted by Gasteiger charge is -2.36. The van der Waals surface area contributed by atoms with Gasteiger partial charge in [0.15, 0.2) is 5.78 Å². The van der Waals surface area contributed by atoms with Gasteiger partial charge >= 0.3 is 0 Å². The fourth-order valence-electron chi connectivity index (χ4n) is 1.88. The zero-order valence-electron chi connectivity index (χ0n) is 9.54. The van der Waals surface area contributed by atoms with Gasteiger partial charge in [0.25, 0.3) is 0 Å². The van der Waals surface area contributed by atoms with E-state index in [4.69, 9.17) is 0 Å². The summed E-state index contributed by atoms with van der Waals surface area (Å²) in [5, 5.41) is 0. The van der Waals surface area contributed by atoms with Crippen molar-refractivity contribution in [1.82, 2.24) is 0 Å². The van der Waals surface area contributed by atoms with Gasteiger partial charge in [0.1, 0.15) is 9.86 Å². The van der Waals surface area contributed by atoms with E-state index in [0.717, 1.165) is 11.5 Å². The predicted molar refractivity (Wildman–Crippen MR) is 67.4 cm³/mol. The van der Waals surface area contributed by atoms with E-state index < -0.39 is 0 Å². The molecule has 0 aromatic rings. The molecule has 0 aromatic heterocycles. The van der Waals surface area contributed by atoms with Gasteiger partial charge in [-0.25, -0.2) is 0 Å². The van der Waals surface area contributed by atoms with Crippen molar-refractivity contribution in [3.63, 3.8) is 0 Å². The Labute approximate surface area is 100.0 Å². The maximum absolute atomic E-state index is 12.0. The quantitative estimate of drug-likeness (QED) is 0.564. The molecule has 0 N–H and O–H groups in total. The molecule has 0 spiro atoms. The highest BCUT2D eigenvalue weighted by molar-refractivity contribution is 8.19. The normalized spacial score (nSPS) is 25.7. The van der Waals surface area contributed by atoms with Crippen LogP contribution >= 0.6 is 23.5 Å². The smallest absolute Gasteiger partial charge is 0.166 e. The van der Waals surface area contributed by atoms with Crippen LogP contribution in [0.25, 0.3) is 0 Å². The summed E-state index contributed by atoms with van der Waals surface area (Å²) in [5.41, 5.74) is 0. The fraction of sp³-hybridized carbons (Fsp3) is 0.818. The molecule has 0 saturated heterocycles. The molecule has 15 heavy (non-hydrogen) atoms. The minimum absolute atomic E-state index is 0.0424. The number of carbonyl (C=O) groups excluding carboxylic acids is 2. The number of rotatable bonds is 4. The maximum atomic E-state index is 12.0. The van der Waals surface area contributed by atoms with E-state index in [1.165, 1.54) is 0 Å². The first-order chi connectivity index (χ1) is 7.05. The van der Waals surface area contributed by atoms with E-state index in [2.05, 4.69) is 13.8 Å². The molecule has 0 amide bonds. The zero-order chi connectivity index (χ0) is 11.5. The predicted octanol–water partition coefficient (Wildman–Crippen LogP) is 2.76. The Morgan fingerprint density at radius 1 is 1.27 bits per heavy atom. The third-order valence-corrected chi connectivity index (χ3v) is 5.64. The van der Waals surface area contributed by atoms with E-state index >= 15 is 0 Å². The zero-order valence-corrected chi connectivity index (χ0v) is 11.2. The molecule has 1 rings (SSSR count). The SMILES string of the molecule is CCSC1(SCC)CC(C)C(=O)CC1=O. The van der Waals surface area contributed by atoms with E-state index in [9.17, 15) is 9.59 Å². The van der Waals surface area contributed by atoms with Crippen molar-refractivity contribution in [2.45, 2.75) is 37.7 Å². The maximum Gasteiger partial charge on any atom is 0.166 e. The minimum Gasteiger partial charge on any atom is -0.299 e. The Kier molecular flexibility index (Phi) is 4.71. The van der Waals surface area contributed by atoms with Crippen LogP contribution in [0.5, 0.6) is 0 Å². The fourth-order valence-corrected chi connectivity index (χ4v) is 5.06. The summed E-state index contributed by atoms with van der Waals surface area (Å²) in [6.07, 6.45) is 0.850. The average Bonchev–Trinajstić information content (AvgIpc) is 2.16. The summed E-state index contributed by atoms with van der Waals surface area (Å²) in [7, 11) is 0. The first-order valence-electron chi connectivity index (χ1n) is 5.39. The van der Waals surface area contributed by atoms with Gasteiger partial charge in [-0.2, -0.15) is 0 Å². The molecule has 0 aliphatic heterocycles. The summed E-state index contributed by atoms with van der Waals surface area (Å²) in [5.74, 6) is 2.15. The van der Waals surface area contributed by atoms with E-state index in [1.54, 1.807) is 23.5 Å². The van der Waals surface area contributed by atoms with Crippen molar-refractivity contribution in [3.05, 3.63) is 0 Å². The third-order valence-electron chi connectivity index (χ3n) is 2.64.